The predicted molar refractivity (Wildman–Crippen MR) is 80.5 cm³/mol. The average molecular weight is 317 g/mol. The minimum Gasteiger partial charge on any atom is -0.480 e. The second kappa shape index (κ2) is 6.20. The highest BCUT2D eigenvalue weighted by Gasteiger charge is 2.32. The van der Waals surface area contributed by atoms with Crippen molar-refractivity contribution < 1.29 is 9.53 Å². The third kappa shape index (κ3) is 3.37. The molecule has 110 valence electrons. The van der Waals surface area contributed by atoms with Gasteiger partial charge in [-0.2, -0.15) is 0 Å². The maximum absolute atomic E-state index is 12.0. The third-order valence-electron chi connectivity index (χ3n) is 3.73. The largest absolute Gasteiger partial charge is 0.480 e. The summed E-state index contributed by atoms with van der Waals surface area (Å²) in [7, 11) is 0. The molecule has 2 atom stereocenters. The zero-order valence-corrected chi connectivity index (χ0v) is 12.5. The van der Waals surface area contributed by atoms with Gasteiger partial charge in [0.25, 0.3) is 5.91 Å². The summed E-state index contributed by atoms with van der Waals surface area (Å²) in [6.07, 6.45) is 2.47. The van der Waals surface area contributed by atoms with Crippen LogP contribution in [0.3, 0.4) is 0 Å². The van der Waals surface area contributed by atoms with Gasteiger partial charge in [-0.25, -0.2) is 0 Å². The molecule has 0 aromatic heterocycles. The zero-order chi connectivity index (χ0) is 13.4. The second-order valence-electron chi connectivity index (χ2n) is 5.31. The Morgan fingerprint density at radius 2 is 2.25 bits per heavy atom. The first-order valence-corrected chi connectivity index (χ1v) is 6.99. The van der Waals surface area contributed by atoms with E-state index in [0.717, 1.165) is 11.3 Å². The third-order valence-corrected chi connectivity index (χ3v) is 3.96. The number of nitrogens with two attached hydrogens (primary N) is 1. The lowest BCUT2D eigenvalue weighted by atomic mass is 10.1. The number of carbonyl (C=O) groups is 1. The van der Waals surface area contributed by atoms with Crippen LogP contribution in [-0.2, 0) is 11.2 Å². The Hall–Kier alpha value is -0.970. The molecule has 6 heteroatoms. The molecule has 1 aliphatic heterocycles. The van der Waals surface area contributed by atoms with Crippen LogP contribution in [0.5, 0.6) is 5.75 Å². The molecule has 0 radical (unpaired) electrons. The van der Waals surface area contributed by atoms with Gasteiger partial charge >= 0.3 is 0 Å². The van der Waals surface area contributed by atoms with Gasteiger partial charge in [-0.1, -0.05) is 11.6 Å². The highest BCUT2D eigenvalue weighted by molar-refractivity contribution is 6.30. The molecule has 2 aliphatic rings. The van der Waals surface area contributed by atoms with E-state index in [4.69, 9.17) is 22.1 Å². The maximum atomic E-state index is 12.0. The Balaban J connectivity index is 0.00000147. The van der Waals surface area contributed by atoms with E-state index in [2.05, 4.69) is 5.32 Å². The molecule has 20 heavy (non-hydrogen) atoms. The molecule has 2 unspecified atom stereocenters. The number of rotatable bonds is 4. The summed E-state index contributed by atoms with van der Waals surface area (Å²) < 4.78 is 5.62. The molecule has 3 rings (SSSR count). The Morgan fingerprint density at radius 3 is 2.95 bits per heavy atom. The van der Waals surface area contributed by atoms with Crippen molar-refractivity contribution in [2.45, 2.75) is 31.4 Å². The molecule has 1 amide bonds. The standard InChI is InChI=1S/C14H17ClN2O2.ClH/c15-10-3-4-12-9(5-10)6-13(19-12)14(18)17-7-11(16)8-1-2-8;/h3-5,8,11,13H,1-2,6-7,16H2,(H,17,18);1H. The van der Waals surface area contributed by atoms with E-state index in [0.29, 0.717) is 23.9 Å². The van der Waals surface area contributed by atoms with E-state index in [-0.39, 0.29) is 24.4 Å². The lowest BCUT2D eigenvalue weighted by molar-refractivity contribution is -0.127. The van der Waals surface area contributed by atoms with Crippen LogP contribution in [0.25, 0.3) is 0 Å². The molecule has 0 saturated heterocycles. The molecule has 1 aromatic rings. The van der Waals surface area contributed by atoms with E-state index in [1.165, 1.54) is 12.8 Å². The molecule has 4 nitrogen and oxygen atoms in total. The minimum absolute atomic E-state index is 0. The van der Waals surface area contributed by atoms with Gasteiger partial charge in [0.2, 0.25) is 0 Å². The van der Waals surface area contributed by atoms with Crippen molar-refractivity contribution in [3.05, 3.63) is 28.8 Å². The van der Waals surface area contributed by atoms with Crippen LogP contribution in [0.1, 0.15) is 18.4 Å². The number of benzene rings is 1. The lowest BCUT2D eigenvalue weighted by Gasteiger charge is -2.14. The van der Waals surface area contributed by atoms with Crippen LogP contribution in [0.4, 0.5) is 0 Å². The fourth-order valence-electron chi connectivity index (χ4n) is 2.39. The quantitative estimate of drug-likeness (QED) is 0.892. The summed E-state index contributed by atoms with van der Waals surface area (Å²) in [5, 5.41) is 3.54. The average Bonchev–Trinajstić information content (AvgIpc) is 3.15. The van der Waals surface area contributed by atoms with Gasteiger partial charge in [0, 0.05) is 24.0 Å². The SMILES string of the molecule is Cl.NC(CNC(=O)C1Cc2cc(Cl)ccc2O1)C1CC1. The highest BCUT2D eigenvalue weighted by atomic mass is 35.5. The molecule has 1 aliphatic carbocycles. The van der Waals surface area contributed by atoms with Gasteiger partial charge in [-0.05, 0) is 42.5 Å². The van der Waals surface area contributed by atoms with Crippen LogP contribution >= 0.6 is 24.0 Å². The van der Waals surface area contributed by atoms with Crippen LogP contribution in [0.15, 0.2) is 18.2 Å². The summed E-state index contributed by atoms with van der Waals surface area (Å²) in [5.41, 5.74) is 6.94. The van der Waals surface area contributed by atoms with Crippen molar-refractivity contribution >= 4 is 29.9 Å². The summed E-state index contributed by atoms with van der Waals surface area (Å²) in [4.78, 5) is 12.0. The van der Waals surface area contributed by atoms with Gasteiger partial charge in [-0.15, -0.1) is 12.4 Å². The Morgan fingerprint density at radius 1 is 1.50 bits per heavy atom. The fraction of sp³-hybridized carbons (Fsp3) is 0.500. The molecular weight excluding hydrogens is 299 g/mol. The Bertz CT molecular complexity index is 506. The number of ether oxygens (including phenoxy) is 1. The van der Waals surface area contributed by atoms with Crippen LogP contribution < -0.4 is 15.8 Å². The van der Waals surface area contributed by atoms with E-state index >= 15 is 0 Å². The fourth-order valence-corrected chi connectivity index (χ4v) is 2.58. The van der Waals surface area contributed by atoms with Gasteiger partial charge < -0.3 is 15.8 Å². The zero-order valence-electron chi connectivity index (χ0n) is 11.0. The predicted octanol–water partition coefficient (Wildman–Crippen LogP) is 1.92. The second-order valence-corrected chi connectivity index (χ2v) is 5.75. The van der Waals surface area contributed by atoms with E-state index in [1.54, 1.807) is 12.1 Å². The molecule has 0 bridgehead atoms. The first-order valence-electron chi connectivity index (χ1n) is 6.62. The maximum Gasteiger partial charge on any atom is 0.261 e. The first kappa shape index (κ1) is 15.4. The van der Waals surface area contributed by atoms with Crippen molar-refractivity contribution in [3.8, 4) is 5.75 Å². The van der Waals surface area contributed by atoms with Gasteiger partial charge in [0.1, 0.15) is 5.75 Å². The van der Waals surface area contributed by atoms with Gasteiger partial charge in [0.15, 0.2) is 6.10 Å². The van der Waals surface area contributed by atoms with Crippen molar-refractivity contribution in [2.24, 2.45) is 11.7 Å². The van der Waals surface area contributed by atoms with Gasteiger partial charge in [0.05, 0.1) is 0 Å². The Labute approximate surface area is 129 Å². The normalized spacial score (nSPS) is 21.4. The van der Waals surface area contributed by atoms with Crippen LogP contribution in [-0.4, -0.2) is 24.6 Å². The summed E-state index contributed by atoms with van der Waals surface area (Å²) in [6, 6.07) is 5.49. The highest BCUT2D eigenvalue weighted by Crippen LogP contribution is 2.32. The minimum atomic E-state index is -0.458. The summed E-state index contributed by atoms with van der Waals surface area (Å²) >= 11 is 5.92. The number of nitrogens with one attached hydrogen (secondary N) is 1. The molecule has 0 spiro atoms. The number of amides is 1. The molecule has 1 aromatic carbocycles. The number of fused-ring (bicyclic) bond motifs is 1. The number of carbonyl (C=O) groups excluding carboxylic acids is 1. The van der Waals surface area contributed by atoms with Crippen LogP contribution in [0, 0.1) is 5.92 Å². The molecule has 3 N–H and O–H groups in total. The summed E-state index contributed by atoms with van der Waals surface area (Å²) in [6.45, 7) is 0.528. The smallest absolute Gasteiger partial charge is 0.261 e. The van der Waals surface area contributed by atoms with E-state index < -0.39 is 6.10 Å². The van der Waals surface area contributed by atoms with Gasteiger partial charge in [-0.3, -0.25) is 4.79 Å². The number of halogens is 2. The summed E-state index contributed by atoms with van der Waals surface area (Å²) in [5.74, 6) is 1.24. The van der Waals surface area contributed by atoms with Crippen molar-refractivity contribution in [1.82, 2.24) is 5.32 Å². The lowest BCUT2D eigenvalue weighted by Crippen LogP contribution is -2.44. The van der Waals surface area contributed by atoms with Crippen molar-refractivity contribution in [1.29, 1.82) is 0 Å². The Kier molecular flexibility index (Phi) is 4.78. The van der Waals surface area contributed by atoms with E-state index in [1.807, 2.05) is 6.07 Å². The number of hydrogen-bond donors (Lipinski definition) is 2. The van der Waals surface area contributed by atoms with E-state index in [9.17, 15) is 4.79 Å². The molecule has 1 fully saturated rings. The first-order chi connectivity index (χ1) is 9.13. The van der Waals surface area contributed by atoms with Crippen molar-refractivity contribution in [2.75, 3.05) is 6.54 Å². The molecular formula is C14H18Cl2N2O2. The van der Waals surface area contributed by atoms with Crippen molar-refractivity contribution in [3.63, 3.8) is 0 Å². The topological polar surface area (TPSA) is 64.3 Å². The van der Waals surface area contributed by atoms with Crippen LogP contribution in [0.2, 0.25) is 5.02 Å². The number of hydrogen-bond acceptors (Lipinski definition) is 3. The monoisotopic (exact) mass is 316 g/mol. The molecule has 1 saturated carbocycles. The molecule has 1 heterocycles.